The highest BCUT2D eigenvalue weighted by molar-refractivity contribution is 6.00. The normalized spacial score (nSPS) is 23.6. The van der Waals surface area contributed by atoms with Crippen LogP contribution < -0.4 is 11.1 Å². The largest absolute Gasteiger partial charge is 0.381 e. The second-order valence-electron chi connectivity index (χ2n) is 8.68. The highest BCUT2D eigenvalue weighted by atomic mass is 19.1. The van der Waals surface area contributed by atoms with Crippen LogP contribution in [-0.2, 0) is 17.6 Å². The van der Waals surface area contributed by atoms with Crippen molar-refractivity contribution in [1.29, 1.82) is 0 Å². The Morgan fingerprint density at radius 2 is 1.87 bits per heavy atom. The summed E-state index contributed by atoms with van der Waals surface area (Å²) in [7, 11) is 0. The van der Waals surface area contributed by atoms with Gasteiger partial charge in [-0.2, -0.15) is 0 Å². The van der Waals surface area contributed by atoms with Crippen LogP contribution in [0, 0.1) is 5.82 Å². The number of carbonyl (C=O) groups excluding carboxylic acids is 2. The Hall–Kier alpha value is -3.22. The third-order valence-electron chi connectivity index (χ3n) is 6.70. The van der Waals surface area contributed by atoms with Crippen LogP contribution in [0.4, 0.5) is 10.1 Å². The minimum atomic E-state index is -0.493. The zero-order valence-electron chi connectivity index (χ0n) is 17.2. The second-order valence-corrected chi connectivity index (χ2v) is 8.68. The smallest absolute Gasteiger partial charge is 0.252 e. The molecule has 2 saturated heterocycles. The molecule has 2 aliphatic heterocycles. The standard InChI is InChI=1S/C24H25FN4O2/c25-15-6-4-14(5-7-15)10-22(30)29-17-8-9-18(29)12-16(11-17)28-23-19-2-1-3-21(19)27-13-20(23)24(26)31/h1-2,4-7,13,16-18H,3,8-12H2,(H2,26,31)(H,27,28)/t16?,17-,18+. The zero-order valence-corrected chi connectivity index (χ0v) is 17.2. The number of hydrogen-bond acceptors (Lipinski definition) is 4. The molecule has 160 valence electrons. The predicted octanol–water partition coefficient (Wildman–Crippen LogP) is 3.07. The van der Waals surface area contributed by atoms with Crippen molar-refractivity contribution in [3.63, 3.8) is 0 Å². The lowest BCUT2D eigenvalue weighted by molar-refractivity contribution is -0.134. The first kappa shape index (κ1) is 19.7. The Labute approximate surface area is 180 Å². The number of nitrogens with two attached hydrogens (primary N) is 1. The Morgan fingerprint density at radius 3 is 2.55 bits per heavy atom. The molecule has 0 radical (unpaired) electrons. The molecule has 2 aromatic rings. The van der Waals surface area contributed by atoms with Gasteiger partial charge in [-0.25, -0.2) is 4.39 Å². The van der Waals surface area contributed by atoms with E-state index in [1.165, 1.54) is 12.1 Å². The van der Waals surface area contributed by atoms with Gasteiger partial charge in [-0.1, -0.05) is 24.3 Å². The van der Waals surface area contributed by atoms with Crippen LogP contribution in [0.15, 0.2) is 36.5 Å². The maximum absolute atomic E-state index is 13.2. The number of primary amides is 1. The third kappa shape index (κ3) is 3.69. The van der Waals surface area contributed by atoms with Gasteiger partial charge in [-0.15, -0.1) is 0 Å². The number of nitrogens with one attached hydrogen (secondary N) is 1. The van der Waals surface area contributed by atoms with E-state index in [1.54, 1.807) is 18.3 Å². The second kappa shape index (κ2) is 7.80. The number of pyridine rings is 1. The summed E-state index contributed by atoms with van der Waals surface area (Å²) in [6.07, 6.45) is 10.2. The molecule has 2 bridgehead atoms. The lowest BCUT2D eigenvalue weighted by Gasteiger charge is -2.40. The van der Waals surface area contributed by atoms with E-state index < -0.39 is 5.91 Å². The molecule has 1 aromatic carbocycles. The number of halogens is 1. The van der Waals surface area contributed by atoms with Crippen molar-refractivity contribution in [1.82, 2.24) is 9.88 Å². The minimum absolute atomic E-state index is 0.100. The van der Waals surface area contributed by atoms with Crippen molar-refractivity contribution in [3.05, 3.63) is 64.7 Å². The Morgan fingerprint density at radius 1 is 1.16 bits per heavy atom. The molecule has 0 saturated carbocycles. The van der Waals surface area contributed by atoms with E-state index in [1.807, 2.05) is 17.1 Å². The number of carbonyl (C=O) groups is 2. The summed E-state index contributed by atoms with van der Waals surface area (Å²) in [5.41, 5.74) is 9.50. The maximum atomic E-state index is 13.2. The lowest BCUT2D eigenvalue weighted by atomic mass is 9.95. The summed E-state index contributed by atoms with van der Waals surface area (Å²) in [5.74, 6) is -0.688. The van der Waals surface area contributed by atoms with Crippen LogP contribution in [0.5, 0.6) is 0 Å². The fourth-order valence-electron chi connectivity index (χ4n) is 5.31. The summed E-state index contributed by atoms with van der Waals surface area (Å²) in [4.78, 5) is 31.4. The van der Waals surface area contributed by atoms with Crippen LogP contribution in [-0.4, -0.2) is 39.8 Å². The molecule has 1 aromatic heterocycles. The summed E-state index contributed by atoms with van der Waals surface area (Å²) in [5, 5.41) is 3.58. The highest BCUT2D eigenvalue weighted by Crippen LogP contribution is 2.39. The molecule has 3 aliphatic rings. The van der Waals surface area contributed by atoms with E-state index in [-0.39, 0.29) is 29.8 Å². The van der Waals surface area contributed by atoms with Gasteiger partial charge >= 0.3 is 0 Å². The number of rotatable bonds is 5. The molecule has 2 amide bonds. The van der Waals surface area contributed by atoms with Crippen molar-refractivity contribution in [2.75, 3.05) is 5.32 Å². The molecular formula is C24H25FN4O2. The van der Waals surface area contributed by atoms with Gasteiger partial charge in [0.15, 0.2) is 0 Å². The number of fused-ring (bicyclic) bond motifs is 3. The van der Waals surface area contributed by atoms with Gasteiger partial charge in [0.25, 0.3) is 5.91 Å². The monoisotopic (exact) mass is 420 g/mol. The van der Waals surface area contributed by atoms with Gasteiger partial charge in [0.1, 0.15) is 5.82 Å². The van der Waals surface area contributed by atoms with Gasteiger partial charge < -0.3 is 16.0 Å². The quantitative estimate of drug-likeness (QED) is 0.778. The van der Waals surface area contributed by atoms with Crippen molar-refractivity contribution in [2.45, 2.75) is 56.7 Å². The number of allylic oxidation sites excluding steroid dienone is 1. The molecule has 7 heteroatoms. The van der Waals surface area contributed by atoms with E-state index >= 15 is 0 Å². The first-order valence-corrected chi connectivity index (χ1v) is 10.8. The average Bonchev–Trinajstić information content (AvgIpc) is 3.32. The molecular weight excluding hydrogens is 395 g/mol. The Kier molecular flexibility index (Phi) is 4.96. The number of anilines is 1. The van der Waals surface area contributed by atoms with Gasteiger partial charge in [0, 0.05) is 36.3 Å². The fourth-order valence-corrected chi connectivity index (χ4v) is 5.31. The summed E-state index contributed by atoms with van der Waals surface area (Å²) in [6, 6.07) is 6.64. The molecule has 1 aliphatic carbocycles. The Balaban J connectivity index is 1.31. The first-order valence-electron chi connectivity index (χ1n) is 10.8. The van der Waals surface area contributed by atoms with Crippen LogP contribution in [0.2, 0.25) is 0 Å². The molecule has 2 fully saturated rings. The molecule has 5 rings (SSSR count). The number of aromatic nitrogens is 1. The van der Waals surface area contributed by atoms with Crippen molar-refractivity contribution >= 4 is 23.6 Å². The molecule has 1 unspecified atom stereocenters. The van der Waals surface area contributed by atoms with Gasteiger partial charge in [0.2, 0.25) is 5.91 Å². The molecule has 3 atom stereocenters. The number of amides is 2. The number of piperidine rings is 1. The number of hydrogen-bond donors (Lipinski definition) is 2. The molecule has 0 spiro atoms. The Bertz CT molecular complexity index is 1050. The fraction of sp³-hybridized carbons (Fsp3) is 0.375. The van der Waals surface area contributed by atoms with Crippen LogP contribution >= 0.6 is 0 Å². The minimum Gasteiger partial charge on any atom is -0.381 e. The number of benzene rings is 1. The van der Waals surface area contributed by atoms with Crippen LogP contribution in [0.3, 0.4) is 0 Å². The third-order valence-corrected chi connectivity index (χ3v) is 6.70. The van der Waals surface area contributed by atoms with Gasteiger partial charge in [-0.05, 0) is 43.4 Å². The van der Waals surface area contributed by atoms with E-state index in [0.29, 0.717) is 12.0 Å². The van der Waals surface area contributed by atoms with E-state index in [4.69, 9.17) is 5.73 Å². The predicted molar refractivity (Wildman–Crippen MR) is 116 cm³/mol. The van der Waals surface area contributed by atoms with Crippen LogP contribution in [0.1, 0.15) is 52.9 Å². The molecule has 3 N–H and O–H groups in total. The van der Waals surface area contributed by atoms with E-state index in [9.17, 15) is 14.0 Å². The van der Waals surface area contributed by atoms with Crippen LogP contribution in [0.25, 0.3) is 6.08 Å². The molecule has 6 nitrogen and oxygen atoms in total. The number of nitrogens with zero attached hydrogens (tertiary/aromatic N) is 2. The average molecular weight is 420 g/mol. The molecule has 3 heterocycles. The molecule has 31 heavy (non-hydrogen) atoms. The van der Waals surface area contributed by atoms with Crippen molar-refractivity contribution < 1.29 is 14.0 Å². The van der Waals surface area contributed by atoms with E-state index in [2.05, 4.69) is 10.3 Å². The van der Waals surface area contributed by atoms with Crippen molar-refractivity contribution in [3.8, 4) is 0 Å². The lowest BCUT2D eigenvalue weighted by Crippen LogP contribution is -2.50. The van der Waals surface area contributed by atoms with Gasteiger partial charge in [0.05, 0.1) is 23.4 Å². The SMILES string of the molecule is NC(=O)c1cnc2c(c1NC1C[C@H]3CC[C@@H](C1)N3C(=O)Cc1ccc(F)cc1)C=CC2. The zero-order chi connectivity index (χ0) is 21.5. The summed E-state index contributed by atoms with van der Waals surface area (Å²) < 4.78 is 13.2. The highest BCUT2D eigenvalue weighted by Gasteiger charge is 2.43. The summed E-state index contributed by atoms with van der Waals surface area (Å²) in [6.45, 7) is 0. The maximum Gasteiger partial charge on any atom is 0.252 e. The topological polar surface area (TPSA) is 88.3 Å². The van der Waals surface area contributed by atoms with Crippen molar-refractivity contribution in [2.24, 2.45) is 5.73 Å². The summed E-state index contributed by atoms with van der Waals surface area (Å²) >= 11 is 0. The first-order chi connectivity index (χ1) is 15.0. The van der Waals surface area contributed by atoms with Gasteiger partial charge in [-0.3, -0.25) is 14.6 Å². The van der Waals surface area contributed by atoms with E-state index in [0.717, 1.165) is 54.6 Å².